The molecule has 1 aromatic heterocycles. The lowest BCUT2D eigenvalue weighted by Crippen LogP contribution is -2.17. The number of nitrogens with zero attached hydrogens (tertiary/aromatic N) is 1. The van der Waals surface area contributed by atoms with E-state index in [2.05, 4.69) is 52.5 Å². The molecule has 6 rings (SSSR count). The van der Waals surface area contributed by atoms with Crippen molar-refractivity contribution in [1.29, 1.82) is 0 Å². The number of carbonyl (C=O) groups excluding carboxylic acids is 1. The Hall–Kier alpha value is -4.38. The highest BCUT2D eigenvalue weighted by Crippen LogP contribution is 2.44. The summed E-state index contributed by atoms with van der Waals surface area (Å²) in [6, 6.07) is 30.3. The van der Waals surface area contributed by atoms with Gasteiger partial charge in [0, 0.05) is 17.2 Å². The van der Waals surface area contributed by atoms with Gasteiger partial charge in [-0.15, -0.1) is 0 Å². The Balaban J connectivity index is 1.13. The van der Waals surface area contributed by atoms with Gasteiger partial charge in [-0.1, -0.05) is 54.6 Å². The summed E-state index contributed by atoms with van der Waals surface area (Å²) in [6.07, 6.45) is -0.464. The van der Waals surface area contributed by atoms with Gasteiger partial charge < -0.3 is 9.72 Å². The fraction of sp³-hybridized carbons (Fsp3) is 0.103. The zero-order chi connectivity index (χ0) is 23.1. The Morgan fingerprint density at radius 3 is 2.29 bits per heavy atom. The summed E-state index contributed by atoms with van der Waals surface area (Å²) in [6.45, 7) is 2.35. The fourth-order valence-corrected chi connectivity index (χ4v) is 4.72. The first-order valence-electron chi connectivity index (χ1n) is 11.3. The maximum absolute atomic E-state index is 12.5. The molecule has 5 heteroatoms. The number of ether oxygens (including phenoxy) is 1. The molecule has 2 N–H and O–H groups in total. The number of amides is 1. The standard InChI is InChI=1S/C29H23N3O2/c1-18-10-15-26-27(16-18)32-28(31-26)19-11-13-20(14-12-19)30-29(33)34-17-25-23-8-4-2-6-21(23)22-7-3-5-9-24(22)25/h2-16,25H,17H2,1H3,(H,30,33)(H,31,32). The second kappa shape index (κ2) is 8.19. The van der Waals surface area contributed by atoms with Gasteiger partial charge in [-0.2, -0.15) is 0 Å². The lowest BCUT2D eigenvalue weighted by atomic mass is 9.98. The number of aromatic amines is 1. The summed E-state index contributed by atoms with van der Waals surface area (Å²) < 4.78 is 5.64. The summed E-state index contributed by atoms with van der Waals surface area (Å²) in [7, 11) is 0. The monoisotopic (exact) mass is 445 g/mol. The van der Waals surface area contributed by atoms with Crippen molar-refractivity contribution in [2.45, 2.75) is 12.8 Å². The first-order valence-corrected chi connectivity index (χ1v) is 11.3. The molecule has 0 saturated heterocycles. The number of aryl methyl sites for hydroxylation is 1. The van der Waals surface area contributed by atoms with Gasteiger partial charge in [-0.05, 0) is 71.1 Å². The minimum atomic E-state index is -0.464. The molecule has 1 aliphatic rings. The molecule has 34 heavy (non-hydrogen) atoms. The summed E-state index contributed by atoms with van der Waals surface area (Å²) in [5, 5.41) is 2.83. The van der Waals surface area contributed by atoms with E-state index in [1.54, 1.807) is 0 Å². The van der Waals surface area contributed by atoms with Gasteiger partial charge in [-0.3, -0.25) is 5.32 Å². The molecule has 1 amide bonds. The van der Waals surface area contributed by atoms with Gasteiger partial charge in [0.15, 0.2) is 0 Å². The Bertz CT molecular complexity index is 1470. The number of hydrogen-bond donors (Lipinski definition) is 2. The molecule has 5 aromatic rings. The van der Waals surface area contributed by atoms with Gasteiger partial charge in [0.2, 0.25) is 0 Å². The van der Waals surface area contributed by atoms with Crippen LogP contribution in [-0.2, 0) is 4.74 Å². The molecule has 0 saturated carbocycles. The third-order valence-electron chi connectivity index (χ3n) is 6.39. The number of carbonyl (C=O) groups is 1. The van der Waals surface area contributed by atoms with E-state index < -0.39 is 6.09 Å². The third kappa shape index (κ3) is 3.61. The second-order valence-corrected chi connectivity index (χ2v) is 8.63. The number of fused-ring (bicyclic) bond motifs is 4. The normalized spacial score (nSPS) is 12.4. The van der Waals surface area contributed by atoms with Gasteiger partial charge >= 0.3 is 6.09 Å². The zero-order valence-electron chi connectivity index (χ0n) is 18.7. The molecule has 0 spiro atoms. The molecule has 4 aromatic carbocycles. The average Bonchev–Trinajstić information content (AvgIpc) is 3.42. The van der Waals surface area contributed by atoms with Crippen molar-refractivity contribution >= 4 is 22.8 Å². The maximum Gasteiger partial charge on any atom is 0.411 e. The number of benzene rings is 4. The van der Waals surface area contributed by atoms with Crippen molar-refractivity contribution < 1.29 is 9.53 Å². The highest BCUT2D eigenvalue weighted by Gasteiger charge is 2.29. The van der Waals surface area contributed by atoms with Gasteiger partial charge in [0.05, 0.1) is 11.0 Å². The summed E-state index contributed by atoms with van der Waals surface area (Å²) in [4.78, 5) is 20.6. The van der Waals surface area contributed by atoms with E-state index in [-0.39, 0.29) is 12.5 Å². The van der Waals surface area contributed by atoms with Crippen molar-refractivity contribution in [3.63, 3.8) is 0 Å². The summed E-state index contributed by atoms with van der Waals surface area (Å²) in [5.41, 5.74) is 9.57. The van der Waals surface area contributed by atoms with Crippen molar-refractivity contribution in [3.8, 4) is 22.5 Å². The van der Waals surface area contributed by atoms with Gasteiger partial charge in [-0.25, -0.2) is 9.78 Å². The molecule has 1 heterocycles. The Kier molecular flexibility index (Phi) is 4.88. The molecular formula is C29H23N3O2. The molecule has 0 bridgehead atoms. The molecular weight excluding hydrogens is 422 g/mol. The van der Waals surface area contributed by atoms with Gasteiger partial charge in [0.25, 0.3) is 0 Å². The first kappa shape index (κ1) is 20.2. The van der Waals surface area contributed by atoms with Gasteiger partial charge in [0.1, 0.15) is 12.4 Å². The van der Waals surface area contributed by atoms with Crippen LogP contribution in [0.2, 0.25) is 0 Å². The van der Waals surface area contributed by atoms with E-state index in [0.29, 0.717) is 5.69 Å². The highest BCUT2D eigenvalue weighted by molar-refractivity contribution is 5.86. The van der Waals surface area contributed by atoms with Crippen LogP contribution in [0, 0.1) is 6.92 Å². The van der Waals surface area contributed by atoms with E-state index >= 15 is 0 Å². The van der Waals surface area contributed by atoms with E-state index in [0.717, 1.165) is 22.4 Å². The number of aromatic nitrogens is 2. The van der Waals surface area contributed by atoms with E-state index in [9.17, 15) is 4.79 Å². The SMILES string of the molecule is Cc1ccc2nc(-c3ccc(NC(=O)OCC4c5ccccc5-c5ccccc54)cc3)[nH]c2c1. The number of rotatable bonds is 4. The quantitative estimate of drug-likeness (QED) is 0.316. The zero-order valence-corrected chi connectivity index (χ0v) is 18.7. The average molecular weight is 446 g/mol. The van der Waals surface area contributed by atoms with Crippen LogP contribution in [0.15, 0.2) is 91.0 Å². The van der Waals surface area contributed by atoms with Crippen LogP contribution >= 0.6 is 0 Å². The van der Waals surface area contributed by atoms with Crippen LogP contribution in [0.1, 0.15) is 22.6 Å². The summed E-state index contributed by atoms with van der Waals surface area (Å²) in [5.74, 6) is 0.838. The van der Waals surface area contributed by atoms with Crippen LogP contribution < -0.4 is 5.32 Å². The minimum Gasteiger partial charge on any atom is -0.448 e. The molecule has 166 valence electrons. The number of anilines is 1. The topological polar surface area (TPSA) is 67.0 Å². The van der Waals surface area contributed by atoms with Crippen LogP contribution in [0.5, 0.6) is 0 Å². The molecule has 5 nitrogen and oxygen atoms in total. The number of imidazole rings is 1. The highest BCUT2D eigenvalue weighted by atomic mass is 16.5. The predicted octanol–water partition coefficient (Wildman–Crippen LogP) is 6.90. The van der Waals surface area contributed by atoms with Crippen molar-refractivity contribution in [2.24, 2.45) is 0 Å². The largest absolute Gasteiger partial charge is 0.448 e. The van der Waals surface area contributed by atoms with Crippen molar-refractivity contribution in [3.05, 3.63) is 108 Å². The van der Waals surface area contributed by atoms with Crippen molar-refractivity contribution in [2.75, 3.05) is 11.9 Å². The minimum absolute atomic E-state index is 0.0391. The van der Waals surface area contributed by atoms with Crippen LogP contribution in [0.3, 0.4) is 0 Å². The summed E-state index contributed by atoms with van der Waals surface area (Å²) >= 11 is 0. The number of H-pyrrole nitrogens is 1. The third-order valence-corrected chi connectivity index (χ3v) is 6.39. The van der Waals surface area contributed by atoms with Crippen molar-refractivity contribution in [1.82, 2.24) is 9.97 Å². The fourth-order valence-electron chi connectivity index (χ4n) is 4.72. The first-order chi connectivity index (χ1) is 16.7. The van der Waals surface area contributed by atoms with E-state index in [1.165, 1.54) is 27.8 Å². The number of hydrogen-bond acceptors (Lipinski definition) is 3. The van der Waals surface area contributed by atoms with E-state index in [4.69, 9.17) is 4.74 Å². The Morgan fingerprint density at radius 1 is 0.912 bits per heavy atom. The van der Waals surface area contributed by atoms with Crippen LogP contribution in [0.25, 0.3) is 33.5 Å². The number of nitrogens with one attached hydrogen (secondary N) is 2. The molecule has 0 aliphatic heterocycles. The molecule has 1 aliphatic carbocycles. The van der Waals surface area contributed by atoms with E-state index in [1.807, 2.05) is 60.7 Å². The Morgan fingerprint density at radius 2 is 1.59 bits per heavy atom. The molecule has 0 radical (unpaired) electrons. The smallest absolute Gasteiger partial charge is 0.411 e. The molecule has 0 fully saturated rings. The van der Waals surface area contributed by atoms with Crippen LogP contribution in [0.4, 0.5) is 10.5 Å². The molecule has 0 atom stereocenters. The lowest BCUT2D eigenvalue weighted by molar-refractivity contribution is 0.158. The molecule has 0 unspecified atom stereocenters. The maximum atomic E-state index is 12.5. The lowest BCUT2D eigenvalue weighted by Gasteiger charge is -2.14. The predicted molar refractivity (Wildman–Crippen MR) is 135 cm³/mol. The Labute approximate surface area is 197 Å². The second-order valence-electron chi connectivity index (χ2n) is 8.63. The van der Waals surface area contributed by atoms with Crippen LogP contribution in [-0.4, -0.2) is 22.7 Å².